The molecule has 3 aromatic rings. The third-order valence-corrected chi connectivity index (χ3v) is 5.04. The van der Waals surface area contributed by atoms with Crippen molar-refractivity contribution in [2.75, 3.05) is 12.4 Å². The van der Waals surface area contributed by atoms with Crippen molar-refractivity contribution in [1.82, 2.24) is 21.0 Å². The molecule has 0 saturated heterocycles. The molecule has 168 valence electrons. The highest BCUT2D eigenvalue weighted by atomic mass is 32.2. The molecule has 0 fully saturated rings. The molecule has 0 aliphatic carbocycles. The number of carbonyl (C=O) groups is 2. The standard InChI is InChI=1S/C22H23FN4O4S/c1-14(2)11-12-30-18-9-5-15(6-10-18)20(29)25-24-19(28)13-32-22-27-26-21(31-22)16-3-7-17(23)8-4-16/h3-10,14H,11-13H2,1-2H3,(H,24,28)(H,25,29). The Hall–Kier alpha value is -3.40. The Morgan fingerprint density at radius 3 is 2.47 bits per heavy atom. The largest absolute Gasteiger partial charge is 0.494 e. The first kappa shape index (κ1) is 23.3. The van der Waals surface area contributed by atoms with Gasteiger partial charge in [0.25, 0.3) is 11.1 Å². The molecular formula is C22H23FN4O4S. The molecule has 32 heavy (non-hydrogen) atoms. The molecule has 0 bridgehead atoms. The van der Waals surface area contributed by atoms with E-state index in [-0.39, 0.29) is 22.7 Å². The van der Waals surface area contributed by atoms with Gasteiger partial charge in [-0.2, -0.15) is 0 Å². The summed E-state index contributed by atoms with van der Waals surface area (Å²) < 4.78 is 24.1. The lowest BCUT2D eigenvalue weighted by molar-refractivity contribution is -0.119. The monoisotopic (exact) mass is 458 g/mol. The number of amides is 2. The Morgan fingerprint density at radius 1 is 1.06 bits per heavy atom. The first-order valence-electron chi connectivity index (χ1n) is 9.95. The molecular weight excluding hydrogens is 435 g/mol. The Morgan fingerprint density at radius 2 is 1.78 bits per heavy atom. The number of halogens is 1. The van der Waals surface area contributed by atoms with Crippen LogP contribution in [0.1, 0.15) is 30.6 Å². The SMILES string of the molecule is CC(C)CCOc1ccc(C(=O)NNC(=O)CSc2nnc(-c3ccc(F)cc3)o2)cc1. The van der Waals surface area contributed by atoms with Gasteiger partial charge in [0.2, 0.25) is 11.8 Å². The average molecular weight is 459 g/mol. The second-order valence-corrected chi connectivity index (χ2v) is 8.15. The summed E-state index contributed by atoms with van der Waals surface area (Å²) in [6, 6.07) is 12.3. The van der Waals surface area contributed by atoms with Gasteiger partial charge in [0.05, 0.1) is 12.4 Å². The maximum absolute atomic E-state index is 13.0. The molecule has 0 radical (unpaired) electrons. The van der Waals surface area contributed by atoms with Crippen molar-refractivity contribution in [3.05, 3.63) is 59.9 Å². The van der Waals surface area contributed by atoms with E-state index in [9.17, 15) is 14.0 Å². The fraction of sp³-hybridized carbons (Fsp3) is 0.273. The number of nitrogens with zero attached hydrogens (tertiary/aromatic N) is 2. The fourth-order valence-corrected chi connectivity index (χ4v) is 3.02. The van der Waals surface area contributed by atoms with E-state index in [1.165, 1.54) is 24.3 Å². The van der Waals surface area contributed by atoms with Crippen LogP contribution in [-0.2, 0) is 4.79 Å². The highest BCUT2D eigenvalue weighted by Crippen LogP contribution is 2.23. The maximum Gasteiger partial charge on any atom is 0.277 e. The number of carbonyl (C=O) groups excluding carboxylic acids is 2. The van der Waals surface area contributed by atoms with E-state index in [1.807, 2.05) is 0 Å². The molecule has 0 atom stereocenters. The number of nitrogens with one attached hydrogen (secondary N) is 2. The van der Waals surface area contributed by atoms with Crippen molar-refractivity contribution in [3.8, 4) is 17.2 Å². The van der Waals surface area contributed by atoms with Crippen LogP contribution in [0, 0.1) is 11.7 Å². The number of benzene rings is 2. The minimum Gasteiger partial charge on any atom is -0.494 e. The van der Waals surface area contributed by atoms with E-state index in [0.717, 1.165) is 18.2 Å². The summed E-state index contributed by atoms with van der Waals surface area (Å²) in [6.07, 6.45) is 0.948. The van der Waals surface area contributed by atoms with Gasteiger partial charge >= 0.3 is 0 Å². The predicted octanol–water partition coefficient (Wildman–Crippen LogP) is 3.85. The van der Waals surface area contributed by atoms with Crippen LogP contribution >= 0.6 is 11.8 Å². The zero-order valence-corrected chi connectivity index (χ0v) is 18.4. The summed E-state index contributed by atoms with van der Waals surface area (Å²) >= 11 is 1.01. The van der Waals surface area contributed by atoms with Gasteiger partial charge in [0, 0.05) is 11.1 Å². The van der Waals surface area contributed by atoms with Gasteiger partial charge in [-0.1, -0.05) is 25.6 Å². The molecule has 0 aliphatic rings. The molecule has 0 spiro atoms. The Bertz CT molecular complexity index is 1040. The highest BCUT2D eigenvalue weighted by molar-refractivity contribution is 7.99. The average Bonchev–Trinajstić information content (AvgIpc) is 3.26. The van der Waals surface area contributed by atoms with Crippen molar-refractivity contribution in [3.63, 3.8) is 0 Å². The number of aromatic nitrogens is 2. The number of ether oxygens (including phenoxy) is 1. The Balaban J connectivity index is 1.41. The van der Waals surface area contributed by atoms with Crippen molar-refractivity contribution in [2.45, 2.75) is 25.5 Å². The van der Waals surface area contributed by atoms with Gasteiger partial charge in [0.15, 0.2) is 0 Å². The van der Waals surface area contributed by atoms with E-state index in [0.29, 0.717) is 29.4 Å². The smallest absolute Gasteiger partial charge is 0.277 e. The van der Waals surface area contributed by atoms with E-state index in [1.54, 1.807) is 24.3 Å². The van der Waals surface area contributed by atoms with Crippen LogP contribution in [0.15, 0.2) is 58.2 Å². The molecule has 2 N–H and O–H groups in total. The van der Waals surface area contributed by atoms with Crippen LogP contribution in [0.2, 0.25) is 0 Å². The maximum atomic E-state index is 13.0. The fourth-order valence-electron chi connectivity index (χ4n) is 2.45. The van der Waals surface area contributed by atoms with Crippen LogP contribution in [0.5, 0.6) is 5.75 Å². The second-order valence-electron chi connectivity index (χ2n) is 7.23. The minimum atomic E-state index is -0.450. The molecule has 0 saturated carbocycles. The number of thioether (sulfide) groups is 1. The van der Waals surface area contributed by atoms with E-state index in [2.05, 4.69) is 34.9 Å². The zero-order chi connectivity index (χ0) is 22.9. The Labute approximate surface area is 188 Å². The number of hydrazine groups is 1. The van der Waals surface area contributed by atoms with Crippen molar-refractivity contribution in [1.29, 1.82) is 0 Å². The van der Waals surface area contributed by atoms with Gasteiger partial charge in [0.1, 0.15) is 11.6 Å². The summed E-state index contributed by atoms with van der Waals surface area (Å²) in [5, 5.41) is 7.89. The summed E-state index contributed by atoms with van der Waals surface area (Å²) in [5.74, 6) is 0.145. The van der Waals surface area contributed by atoms with Crippen LogP contribution in [0.4, 0.5) is 4.39 Å². The highest BCUT2D eigenvalue weighted by Gasteiger charge is 2.12. The predicted molar refractivity (Wildman–Crippen MR) is 117 cm³/mol. The zero-order valence-electron chi connectivity index (χ0n) is 17.6. The lowest BCUT2D eigenvalue weighted by atomic mass is 10.1. The van der Waals surface area contributed by atoms with Crippen LogP contribution in [0.25, 0.3) is 11.5 Å². The second kappa shape index (κ2) is 11.3. The topological polar surface area (TPSA) is 106 Å². The van der Waals surface area contributed by atoms with E-state index in [4.69, 9.17) is 9.15 Å². The molecule has 8 nitrogen and oxygen atoms in total. The first-order chi connectivity index (χ1) is 15.4. The molecule has 0 aliphatic heterocycles. The van der Waals surface area contributed by atoms with E-state index < -0.39 is 11.8 Å². The van der Waals surface area contributed by atoms with Crippen molar-refractivity contribution < 1.29 is 23.1 Å². The number of hydrogen-bond acceptors (Lipinski definition) is 7. The summed E-state index contributed by atoms with van der Waals surface area (Å²) in [4.78, 5) is 24.2. The van der Waals surface area contributed by atoms with E-state index >= 15 is 0 Å². The Kier molecular flexibility index (Phi) is 8.20. The number of rotatable bonds is 9. The molecule has 2 amide bonds. The summed E-state index contributed by atoms with van der Waals surface area (Å²) in [5.41, 5.74) is 5.64. The normalized spacial score (nSPS) is 10.8. The van der Waals surface area contributed by atoms with Gasteiger partial charge in [-0.25, -0.2) is 4.39 Å². The molecule has 0 unspecified atom stereocenters. The first-order valence-corrected chi connectivity index (χ1v) is 10.9. The van der Waals surface area contributed by atoms with Crippen LogP contribution in [0.3, 0.4) is 0 Å². The van der Waals surface area contributed by atoms with Crippen LogP contribution < -0.4 is 15.6 Å². The third kappa shape index (κ3) is 7.09. The summed E-state index contributed by atoms with van der Waals surface area (Å²) in [6.45, 7) is 4.86. The molecule has 2 aromatic carbocycles. The molecule has 1 aromatic heterocycles. The quantitative estimate of drug-likeness (QED) is 0.370. The lowest BCUT2D eigenvalue weighted by Crippen LogP contribution is -2.42. The number of hydrogen-bond donors (Lipinski definition) is 2. The molecule has 10 heteroatoms. The third-order valence-electron chi connectivity index (χ3n) is 4.22. The van der Waals surface area contributed by atoms with Crippen molar-refractivity contribution in [2.24, 2.45) is 5.92 Å². The van der Waals surface area contributed by atoms with Gasteiger partial charge in [-0.3, -0.25) is 20.4 Å². The molecule has 3 rings (SSSR count). The van der Waals surface area contributed by atoms with Crippen LogP contribution in [-0.4, -0.2) is 34.4 Å². The van der Waals surface area contributed by atoms with Crippen molar-refractivity contribution >= 4 is 23.6 Å². The van der Waals surface area contributed by atoms with Gasteiger partial charge < -0.3 is 9.15 Å². The van der Waals surface area contributed by atoms with Gasteiger partial charge in [-0.05, 0) is 60.9 Å². The summed E-state index contributed by atoms with van der Waals surface area (Å²) in [7, 11) is 0. The van der Waals surface area contributed by atoms with Gasteiger partial charge in [-0.15, -0.1) is 10.2 Å². The minimum absolute atomic E-state index is 0.0477. The lowest BCUT2D eigenvalue weighted by Gasteiger charge is -2.09. The molecule has 1 heterocycles.